The minimum atomic E-state index is -4.27. The lowest BCUT2D eigenvalue weighted by Gasteiger charge is -2.14. The number of rotatable bonds is 3. The van der Waals surface area contributed by atoms with E-state index in [9.17, 15) is 13.2 Å². The first-order valence-corrected chi connectivity index (χ1v) is 3.30. The lowest BCUT2D eigenvalue weighted by atomic mass is 10.1. The van der Waals surface area contributed by atoms with E-state index in [1.165, 1.54) is 0 Å². The van der Waals surface area contributed by atoms with Crippen molar-refractivity contribution in [3.8, 4) is 0 Å². The molecule has 0 aliphatic carbocycles. The third kappa shape index (κ3) is 4.84. The number of nitrogens with two attached hydrogens (primary N) is 1. The van der Waals surface area contributed by atoms with Gasteiger partial charge in [0.25, 0.3) is 0 Å². The summed E-state index contributed by atoms with van der Waals surface area (Å²) < 4.78 is 35.2. The van der Waals surface area contributed by atoms with Crippen molar-refractivity contribution in [3.05, 3.63) is 12.2 Å². The Balaban J connectivity index is 3.70. The molecule has 0 fully saturated rings. The molecule has 0 aromatic heterocycles. The van der Waals surface area contributed by atoms with E-state index in [-0.39, 0.29) is 6.42 Å². The number of alkyl halides is 3. The molecule has 0 spiro atoms. The third-order valence-electron chi connectivity index (χ3n) is 1.30. The zero-order chi connectivity index (χ0) is 9.07. The van der Waals surface area contributed by atoms with Crippen LogP contribution >= 0.6 is 0 Å². The van der Waals surface area contributed by atoms with Crippen LogP contribution in [-0.2, 0) is 0 Å². The molecule has 0 bridgehead atoms. The Morgan fingerprint density at radius 2 is 2.00 bits per heavy atom. The highest BCUT2D eigenvalue weighted by molar-refractivity contribution is 4.89. The highest BCUT2D eigenvalue weighted by atomic mass is 19.4. The van der Waals surface area contributed by atoms with Gasteiger partial charge in [-0.2, -0.15) is 13.2 Å². The SMILES string of the molecule is C=C(C)CCC(N)C(F)(F)F. The van der Waals surface area contributed by atoms with Crippen molar-refractivity contribution < 1.29 is 13.2 Å². The molecule has 0 saturated carbocycles. The molecule has 0 amide bonds. The van der Waals surface area contributed by atoms with Gasteiger partial charge in [0.05, 0.1) is 0 Å². The quantitative estimate of drug-likeness (QED) is 0.641. The lowest BCUT2D eigenvalue weighted by Crippen LogP contribution is -2.37. The summed E-state index contributed by atoms with van der Waals surface area (Å²) in [5.41, 5.74) is 5.56. The topological polar surface area (TPSA) is 26.0 Å². The van der Waals surface area contributed by atoms with E-state index < -0.39 is 12.2 Å². The number of halogens is 3. The summed E-state index contributed by atoms with van der Waals surface area (Å²) >= 11 is 0. The van der Waals surface area contributed by atoms with Gasteiger partial charge in [-0.3, -0.25) is 0 Å². The van der Waals surface area contributed by atoms with Gasteiger partial charge in [0.1, 0.15) is 6.04 Å². The third-order valence-corrected chi connectivity index (χ3v) is 1.30. The first-order chi connectivity index (χ1) is 4.84. The van der Waals surface area contributed by atoms with Gasteiger partial charge in [0.15, 0.2) is 0 Å². The molecule has 1 unspecified atom stereocenters. The van der Waals surface area contributed by atoms with Crippen LogP contribution < -0.4 is 5.73 Å². The Labute approximate surface area is 64.1 Å². The van der Waals surface area contributed by atoms with Gasteiger partial charge in [0.2, 0.25) is 0 Å². The molecule has 2 N–H and O–H groups in total. The van der Waals surface area contributed by atoms with Gasteiger partial charge in [-0.05, 0) is 19.8 Å². The molecule has 0 saturated heterocycles. The Kier molecular flexibility index (Phi) is 3.58. The fourth-order valence-corrected chi connectivity index (χ4v) is 0.566. The molecular weight excluding hydrogens is 155 g/mol. The average molecular weight is 167 g/mol. The zero-order valence-corrected chi connectivity index (χ0v) is 6.41. The minimum absolute atomic E-state index is 0.0706. The number of allylic oxidation sites excluding steroid dienone is 1. The van der Waals surface area contributed by atoms with Crippen LogP contribution in [0.4, 0.5) is 13.2 Å². The number of hydrogen-bond acceptors (Lipinski definition) is 1. The van der Waals surface area contributed by atoms with Crippen molar-refractivity contribution in [2.45, 2.75) is 32.0 Å². The van der Waals surface area contributed by atoms with Crippen LogP contribution in [0.25, 0.3) is 0 Å². The van der Waals surface area contributed by atoms with Gasteiger partial charge in [-0.1, -0.05) is 5.57 Å². The van der Waals surface area contributed by atoms with Gasteiger partial charge in [-0.25, -0.2) is 0 Å². The summed E-state index contributed by atoms with van der Waals surface area (Å²) in [4.78, 5) is 0. The van der Waals surface area contributed by atoms with Crippen LogP contribution in [0.1, 0.15) is 19.8 Å². The van der Waals surface area contributed by atoms with Crippen LogP contribution in [0.2, 0.25) is 0 Å². The van der Waals surface area contributed by atoms with Crippen molar-refractivity contribution >= 4 is 0 Å². The van der Waals surface area contributed by atoms with E-state index in [0.717, 1.165) is 5.57 Å². The van der Waals surface area contributed by atoms with E-state index >= 15 is 0 Å². The molecule has 0 aliphatic heterocycles. The number of hydrogen-bond donors (Lipinski definition) is 1. The van der Waals surface area contributed by atoms with Gasteiger partial charge in [0, 0.05) is 0 Å². The maximum absolute atomic E-state index is 11.7. The van der Waals surface area contributed by atoms with E-state index in [2.05, 4.69) is 6.58 Å². The highest BCUT2D eigenvalue weighted by Crippen LogP contribution is 2.22. The largest absolute Gasteiger partial charge is 0.403 e. The Bertz CT molecular complexity index is 139. The molecular formula is C7H12F3N. The Morgan fingerprint density at radius 1 is 1.55 bits per heavy atom. The monoisotopic (exact) mass is 167 g/mol. The summed E-state index contributed by atoms with van der Waals surface area (Å²) in [7, 11) is 0. The van der Waals surface area contributed by atoms with Crippen LogP contribution in [0.3, 0.4) is 0 Å². The highest BCUT2D eigenvalue weighted by Gasteiger charge is 2.35. The van der Waals surface area contributed by atoms with Gasteiger partial charge < -0.3 is 5.73 Å². The summed E-state index contributed by atoms with van der Waals surface area (Å²) in [5.74, 6) is 0. The zero-order valence-electron chi connectivity index (χ0n) is 6.41. The van der Waals surface area contributed by atoms with Crippen molar-refractivity contribution in [2.75, 3.05) is 0 Å². The molecule has 0 aromatic carbocycles. The second-order valence-electron chi connectivity index (χ2n) is 2.64. The summed E-state index contributed by atoms with van der Waals surface area (Å²) in [6, 6.07) is -1.71. The van der Waals surface area contributed by atoms with Gasteiger partial charge >= 0.3 is 6.18 Å². The van der Waals surface area contributed by atoms with Crippen molar-refractivity contribution in [2.24, 2.45) is 5.73 Å². The maximum Gasteiger partial charge on any atom is 0.403 e. The standard InChI is InChI=1S/C7H12F3N/c1-5(2)3-4-6(11)7(8,9)10/h6H,1,3-4,11H2,2H3. The average Bonchev–Trinajstić information content (AvgIpc) is 1.80. The summed E-state index contributed by atoms with van der Waals surface area (Å²) in [5, 5.41) is 0. The normalized spacial score (nSPS) is 14.6. The molecule has 1 atom stereocenters. The molecule has 1 nitrogen and oxygen atoms in total. The predicted molar refractivity (Wildman–Crippen MR) is 38.1 cm³/mol. The first-order valence-electron chi connectivity index (χ1n) is 3.30. The molecule has 0 radical (unpaired) electrons. The van der Waals surface area contributed by atoms with Crippen LogP contribution in [0.5, 0.6) is 0 Å². The second-order valence-corrected chi connectivity index (χ2v) is 2.64. The molecule has 0 rings (SSSR count). The van der Waals surface area contributed by atoms with Crippen molar-refractivity contribution in [1.82, 2.24) is 0 Å². The fourth-order valence-electron chi connectivity index (χ4n) is 0.566. The molecule has 11 heavy (non-hydrogen) atoms. The smallest absolute Gasteiger partial charge is 0.320 e. The Hall–Kier alpha value is -0.510. The van der Waals surface area contributed by atoms with E-state index in [0.29, 0.717) is 6.42 Å². The Morgan fingerprint density at radius 3 is 2.27 bits per heavy atom. The van der Waals surface area contributed by atoms with Gasteiger partial charge in [-0.15, -0.1) is 6.58 Å². The van der Waals surface area contributed by atoms with Crippen molar-refractivity contribution in [1.29, 1.82) is 0 Å². The van der Waals surface area contributed by atoms with Crippen LogP contribution in [0, 0.1) is 0 Å². The molecule has 0 aromatic rings. The summed E-state index contributed by atoms with van der Waals surface area (Å²) in [6.45, 7) is 5.17. The minimum Gasteiger partial charge on any atom is -0.320 e. The van der Waals surface area contributed by atoms with Crippen LogP contribution in [-0.4, -0.2) is 12.2 Å². The van der Waals surface area contributed by atoms with Crippen molar-refractivity contribution in [3.63, 3.8) is 0 Å². The first kappa shape index (κ1) is 10.5. The fraction of sp³-hybridized carbons (Fsp3) is 0.714. The van der Waals surface area contributed by atoms with E-state index in [1.807, 2.05) is 0 Å². The molecule has 4 heteroatoms. The molecule has 0 heterocycles. The lowest BCUT2D eigenvalue weighted by molar-refractivity contribution is -0.148. The summed E-state index contributed by atoms with van der Waals surface area (Å²) in [6.07, 6.45) is -4.01. The van der Waals surface area contributed by atoms with E-state index in [1.54, 1.807) is 6.92 Å². The second kappa shape index (κ2) is 3.76. The molecule has 0 aliphatic rings. The predicted octanol–water partition coefficient (Wildman–Crippen LogP) is 2.23. The van der Waals surface area contributed by atoms with Crippen LogP contribution in [0.15, 0.2) is 12.2 Å². The molecule has 66 valence electrons. The van der Waals surface area contributed by atoms with E-state index in [4.69, 9.17) is 5.73 Å². The maximum atomic E-state index is 11.7.